The molecule has 2 heterocycles. The molecule has 0 aliphatic carbocycles. The van der Waals surface area contributed by atoms with E-state index < -0.39 is 0 Å². The zero-order valence-corrected chi connectivity index (χ0v) is 17.0. The van der Waals surface area contributed by atoms with Crippen molar-refractivity contribution in [2.75, 3.05) is 32.8 Å². The maximum atomic E-state index is 14.2. The number of nitrogens with one attached hydrogen (secondary N) is 1. The lowest BCUT2D eigenvalue weighted by atomic mass is 9.88. The summed E-state index contributed by atoms with van der Waals surface area (Å²) in [6, 6.07) is 14.5. The Bertz CT molecular complexity index is 1050. The average molecular weight is 394 g/mol. The maximum Gasteiger partial charge on any atom is 0.251 e. The van der Waals surface area contributed by atoms with Gasteiger partial charge in [0.15, 0.2) is 0 Å². The van der Waals surface area contributed by atoms with Crippen LogP contribution in [0.1, 0.15) is 25.3 Å². The average Bonchev–Trinajstić information content (AvgIpc) is 2.73. The lowest BCUT2D eigenvalue weighted by Crippen LogP contribution is -2.40. The predicted molar refractivity (Wildman–Crippen MR) is 115 cm³/mol. The number of benzene rings is 2. The Morgan fingerprint density at radius 2 is 1.90 bits per heavy atom. The topological polar surface area (TPSA) is 45.3 Å². The molecule has 4 nitrogen and oxygen atoms in total. The van der Waals surface area contributed by atoms with E-state index in [0.717, 1.165) is 49.4 Å². The van der Waals surface area contributed by atoms with Gasteiger partial charge in [0.05, 0.1) is 13.2 Å². The van der Waals surface area contributed by atoms with Crippen molar-refractivity contribution in [2.24, 2.45) is 5.92 Å². The fourth-order valence-electron chi connectivity index (χ4n) is 4.08. The van der Waals surface area contributed by atoms with Crippen molar-refractivity contribution in [1.82, 2.24) is 9.88 Å². The van der Waals surface area contributed by atoms with Crippen LogP contribution in [-0.2, 0) is 4.74 Å². The van der Waals surface area contributed by atoms with E-state index in [4.69, 9.17) is 4.74 Å². The molecule has 152 valence electrons. The van der Waals surface area contributed by atoms with Crippen LogP contribution in [0.25, 0.3) is 22.0 Å². The van der Waals surface area contributed by atoms with Crippen LogP contribution >= 0.6 is 0 Å². The number of rotatable bonds is 5. The Morgan fingerprint density at radius 3 is 2.62 bits per heavy atom. The minimum Gasteiger partial charge on any atom is -0.379 e. The Hall–Kier alpha value is -2.50. The number of halogens is 1. The van der Waals surface area contributed by atoms with Gasteiger partial charge < -0.3 is 9.72 Å². The van der Waals surface area contributed by atoms with Crippen LogP contribution in [-0.4, -0.2) is 42.7 Å². The van der Waals surface area contributed by atoms with Crippen LogP contribution in [0.15, 0.2) is 53.3 Å². The molecule has 0 amide bonds. The summed E-state index contributed by atoms with van der Waals surface area (Å²) in [4.78, 5) is 18.4. The summed E-state index contributed by atoms with van der Waals surface area (Å²) in [7, 11) is 0. The van der Waals surface area contributed by atoms with Crippen LogP contribution in [0.3, 0.4) is 0 Å². The van der Waals surface area contributed by atoms with E-state index >= 15 is 0 Å². The zero-order chi connectivity index (χ0) is 20.4. The molecular weight excluding hydrogens is 367 g/mol. The van der Waals surface area contributed by atoms with Crippen molar-refractivity contribution in [3.8, 4) is 11.3 Å². The number of ether oxygens (including phenoxy) is 1. The number of fused-ring (bicyclic) bond motifs is 1. The van der Waals surface area contributed by atoms with E-state index in [1.807, 2.05) is 30.3 Å². The van der Waals surface area contributed by atoms with Crippen LogP contribution in [0.2, 0.25) is 0 Å². The standard InChI is InChI=1S/C24H27FN2O2/c1-16(2)21(15-27-10-12-29-13-11-27)19-8-9-23(26-24(19)28)18-7-6-17-4-3-5-22(25)20(17)14-18/h3-9,14,16,21H,10-13,15H2,1-2H3,(H,26,28). The van der Waals surface area contributed by atoms with Gasteiger partial charge in [-0.2, -0.15) is 0 Å². The summed E-state index contributed by atoms with van der Waals surface area (Å²) in [6.07, 6.45) is 0. The Balaban J connectivity index is 1.64. The van der Waals surface area contributed by atoms with Gasteiger partial charge in [0.1, 0.15) is 5.82 Å². The number of aromatic amines is 1. The van der Waals surface area contributed by atoms with Crippen LogP contribution in [0.5, 0.6) is 0 Å². The highest BCUT2D eigenvalue weighted by Gasteiger charge is 2.23. The van der Waals surface area contributed by atoms with Crippen molar-refractivity contribution in [3.63, 3.8) is 0 Å². The third kappa shape index (κ3) is 4.26. The highest BCUT2D eigenvalue weighted by molar-refractivity contribution is 5.87. The van der Waals surface area contributed by atoms with E-state index in [-0.39, 0.29) is 17.3 Å². The molecule has 1 N–H and O–H groups in total. The zero-order valence-electron chi connectivity index (χ0n) is 17.0. The van der Waals surface area contributed by atoms with Gasteiger partial charge in [-0.15, -0.1) is 0 Å². The van der Waals surface area contributed by atoms with Gasteiger partial charge in [-0.05, 0) is 35.1 Å². The van der Waals surface area contributed by atoms with Crippen molar-refractivity contribution in [1.29, 1.82) is 0 Å². The van der Waals surface area contributed by atoms with Gasteiger partial charge in [0.2, 0.25) is 0 Å². The second-order valence-corrected chi connectivity index (χ2v) is 8.10. The highest BCUT2D eigenvalue weighted by atomic mass is 19.1. The highest BCUT2D eigenvalue weighted by Crippen LogP contribution is 2.27. The van der Waals surface area contributed by atoms with Crippen LogP contribution in [0, 0.1) is 11.7 Å². The van der Waals surface area contributed by atoms with Crippen molar-refractivity contribution >= 4 is 10.8 Å². The molecule has 1 atom stereocenters. The maximum absolute atomic E-state index is 14.2. The largest absolute Gasteiger partial charge is 0.379 e. The van der Waals surface area contributed by atoms with Crippen LogP contribution < -0.4 is 5.56 Å². The molecule has 0 radical (unpaired) electrons. The molecule has 5 heteroatoms. The molecule has 1 aliphatic heterocycles. The molecule has 0 spiro atoms. The van der Waals surface area contributed by atoms with E-state index in [0.29, 0.717) is 17.0 Å². The summed E-state index contributed by atoms with van der Waals surface area (Å²) >= 11 is 0. The van der Waals surface area contributed by atoms with Gasteiger partial charge in [-0.3, -0.25) is 9.69 Å². The molecule has 29 heavy (non-hydrogen) atoms. The Morgan fingerprint density at radius 1 is 1.10 bits per heavy atom. The molecule has 0 saturated carbocycles. The fourth-order valence-corrected chi connectivity index (χ4v) is 4.08. The first-order valence-electron chi connectivity index (χ1n) is 10.2. The number of pyridine rings is 1. The molecule has 1 aromatic heterocycles. The first-order valence-corrected chi connectivity index (χ1v) is 10.2. The van der Waals surface area contributed by atoms with Crippen molar-refractivity contribution in [2.45, 2.75) is 19.8 Å². The second kappa shape index (κ2) is 8.47. The van der Waals surface area contributed by atoms with Gasteiger partial charge in [0, 0.05) is 42.2 Å². The summed E-state index contributed by atoms with van der Waals surface area (Å²) in [5.74, 6) is 0.244. The molecule has 3 aromatic rings. The molecule has 1 aliphatic rings. The molecule has 2 aromatic carbocycles. The van der Waals surface area contributed by atoms with E-state index in [2.05, 4.69) is 23.7 Å². The first kappa shape index (κ1) is 19.8. The lowest BCUT2D eigenvalue weighted by molar-refractivity contribution is 0.0328. The Labute approximate surface area is 170 Å². The molecule has 4 rings (SSSR count). The predicted octanol–water partition coefficient (Wildman–Crippen LogP) is 4.41. The summed E-state index contributed by atoms with van der Waals surface area (Å²) in [5.41, 5.74) is 2.25. The molecule has 0 bridgehead atoms. The normalized spacial score (nSPS) is 16.4. The minimum absolute atomic E-state index is 0.0666. The molecule has 1 unspecified atom stereocenters. The quantitative estimate of drug-likeness (QED) is 0.697. The number of hydrogen-bond donors (Lipinski definition) is 1. The monoisotopic (exact) mass is 394 g/mol. The van der Waals surface area contributed by atoms with Gasteiger partial charge in [-0.1, -0.05) is 44.2 Å². The Kier molecular flexibility index (Phi) is 5.79. The third-order valence-corrected chi connectivity index (χ3v) is 5.84. The van der Waals surface area contributed by atoms with E-state index in [1.165, 1.54) is 6.07 Å². The first-order chi connectivity index (χ1) is 14.0. The number of aromatic nitrogens is 1. The summed E-state index contributed by atoms with van der Waals surface area (Å²) in [5, 5.41) is 1.40. The van der Waals surface area contributed by atoms with E-state index in [9.17, 15) is 9.18 Å². The molecule has 1 saturated heterocycles. The second-order valence-electron chi connectivity index (χ2n) is 8.10. The molecular formula is C24H27FN2O2. The van der Waals surface area contributed by atoms with Gasteiger partial charge in [0.25, 0.3) is 5.56 Å². The van der Waals surface area contributed by atoms with Crippen molar-refractivity contribution in [3.05, 3.63) is 70.3 Å². The SMILES string of the molecule is CC(C)C(CN1CCOCC1)c1ccc(-c2ccc3cccc(F)c3c2)[nH]c1=O. The molecule has 1 fully saturated rings. The van der Waals surface area contributed by atoms with E-state index in [1.54, 1.807) is 12.1 Å². The smallest absolute Gasteiger partial charge is 0.251 e. The van der Waals surface area contributed by atoms with Gasteiger partial charge >= 0.3 is 0 Å². The number of nitrogens with zero attached hydrogens (tertiary/aromatic N) is 1. The number of hydrogen-bond acceptors (Lipinski definition) is 3. The minimum atomic E-state index is -0.256. The summed E-state index contributed by atoms with van der Waals surface area (Å²) < 4.78 is 19.6. The van der Waals surface area contributed by atoms with Crippen molar-refractivity contribution < 1.29 is 9.13 Å². The number of H-pyrrole nitrogens is 1. The lowest BCUT2D eigenvalue weighted by Gasteiger charge is -2.32. The van der Waals surface area contributed by atoms with Gasteiger partial charge in [-0.25, -0.2) is 4.39 Å². The number of morpholine rings is 1. The third-order valence-electron chi connectivity index (χ3n) is 5.84. The van der Waals surface area contributed by atoms with Crippen LogP contribution in [0.4, 0.5) is 4.39 Å². The fraction of sp³-hybridized carbons (Fsp3) is 0.375. The summed E-state index contributed by atoms with van der Waals surface area (Å²) in [6.45, 7) is 8.47.